The summed E-state index contributed by atoms with van der Waals surface area (Å²) in [6.45, 7) is 12.0. The van der Waals surface area contributed by atoms with Gasteiger partial charge in [-0.1, -0.05) is 30.7 Å². The van der Waals surface area contributed by atoms with Crippen LogP contribution in [0.4, 0.5) is 0 Å². The van der Waals surface area contributed by atoms with Crippen LogP contribution in [0.3, 0.4) is 0 Å². The number of aryl methyl sites for hydroxylation is 1. The fourth-order valence-electron chi connectivity index (χ4n) is 3.87. The van der Waals surface area contributed by atoms with Crippen molar-refractivity contribution < 1.29 is 9.32 Å². The van der Waals surface area contributed by atoms with E-state index >= 15 is 0 Å². The molecular formula is C18H27N3O2. The molecule has 5 nitrogen and oxygen atoms in total. The molecule has 2 aliphatic rings. The second-order valence-corrected chi connectivity index (χ2v) is 7.87. The first-order valence-electron chi connectivity index (χ1n) is 8.54. The molecule has 1 aromatic heterocycles. The zero-order valence-corrected chi connectivity index (χ0v) is 14.8. The van der Waals surface area contributed by atoms with Crippen molar-refractivity contribution in [2.75, 3.05) is 13.1 Å². The molecule has 0 radical (unpaired) electrons. The summed E-state index contributed by atoms with van der Waals surface area (Å²) in [7, 11) is 0. The fraction of sp³-hybridized carbons (Fsp3) is 0.722. The highest BCUT2D eigenvalue weighted by Crippen LogP contribution is 2.60. The maximum absolute atomic E-state index is 13.0. The van der Waals surface area contributed by atoms with Gasteiger partial charge in [0.2, 0.25) is 11.8 Å². The van der Waals surface area contributed by atoms with Crippen LogP contribution in [-0.4, -0.2) is 34.0 Å². The van der Waals surface area contributed by atoms with Crippen molar-refractivity contribution in [2.45, 2.75) is 53.4 Å². The van der Waals surface area contributed by atoms with Gasteiger partial charge < -0.3 is 9.42 Å². The molecule has 0 bridgehead atoms. The predicted molar refractivity (Wildman–Crippen MR) is 87.8 cm³/mol. The molecule has 1 saturated heterocycles. The van der Waals surface area contributed by atoms with Gasteiger partial charge >= 0.3 is 0 Å². The monoisotopic (exact) mass is 317 g/mol. The Morgan fingerprint density at radius 1 is 1.39 bits per heavy atom. The third kappa shape index (κ3) is 3.06. The van der Waals surface area contributed by atoms with Gasteiger partial charge in [0.25, 0.3) is 0 Å². The maximum atomic E-state index is 13.0. The second-order valence-electron chi connectivity index (χ2n) is 7.87. The Labute approximate surface area is 138 Å². The lowest BCUT2D eigenvalue weighted by Crippen LogP contribution is -2.40. The van der Waals surface area contributed by atoms with Crippen molar-refractivity contribution in [1.29, 1.82) is 0 Å². The Morgan fingerprint density at radius 3 is 2.74 bits per heavy atom. The molecule has 2 fully saturated rings. The molecule has 23 heavy (non-hydrogen) atoms. The predicted octanol–water partition coefficient (Wildman–Crippen LogP) is 3.32. The number of hydrogen-bond donors (Lipinski definition) is 0. The molecule has 126 valence electrons. The van der Waals surface area contributed by atoms with Crippen molar-refractivity contribution in [2.24, 2.45) is 17.3 Å². The molecule has 1 aliphatic carbocycles. The molecule has 3 rings (SSSR count). The van der Waals surface area contributed by atoms with Crippen LogP contribution in [-0.2, 0) is 4.79 Å². The van der Waals surface area contributed by atoms with Crippen molar-refractivity contribution in [3.8, 4) is 0 Å². The van der Waals surface area contributed by atoms with E-state index in [0.717, 1.165) is 19.4 Å². The number of nitrogens with zero attached hydrogens (tertiary/aromatic N) is 3. The molecule has 2 heterocycles. The van der Waals surface area contributed by atoms with Crippen LogP contribution in [0.1, 0.15) is 58.2 Å². The Hall–Kier alpha value is -1.65. The maximum Gasteiger partial charge on any atom is 0.231 e. The van der Waals surface area contributed by atoms with E-state index in [1.54, 1.807) is 0 Å². The average molecular weight is 317 g/mol. The van der Waals surface area contributed by atoms with E-state index in [0.29, 0.717) is 30.1 Å². The summed E-state index contributed by atoms with van der Waals surface area (Å²) in [6.07, 6.45) is 4.26. The molecule has 5 heteroatoms. The van der Waals surface area contributed by atoms with Gasteiger partial charge in [0.05, 0.1) is 11.8 Å². The highest BCUT2D eigenvalue weighted by atomic mass is 16.5. The average Bonchev–Trinajstić information content (AvgIpc) is 2.84. The number of rotatable bonds is 3. The standard InChI is InChI=1S/C18H27N3O2/c1-11(2)9-14-15(18(14,4)5)17(22)21-8-6-7-13(10-21)16-19-12(3)20-23-16/h9,13-15H,6-8,10H2,1-5H3. The van der Waals surface area contributed by atoms with Crippen molar-refractivity contribution >= 4 is 5.91 Å². The molecular weight excluding hydrogens is 290 g/mol. The van der Waals surface area contributed by atoms with Crippen LogP contribution in [0.2, 0.25) is 0 Å². The minimum absolute atomic E-state index is 0.0718. The first-order valence-corrected chi connectivity index (χ1v) is 8.54. The molecule has 0 aromatic carbocycles. The molecule has 1 aromatic rings. The third-order valence-electron chi connectivity index (χ3n) is 5.32. The second kappa shape index (κ2) is 5.77. The highest BCUT2D eigenvalue weighted by Gasteiger charge is 2.61. The Kier molecular flexibility index (Phi) is 4.07. The van der Waals surface area contributed by atoms with Crippen LogP contribution >= 0.6 is 0 Å². The first kappa shape index (κ1) is 16.2. The third-order valence-corrected chi connectivity index (χ3v) is 5.32. The summed E-state index contributed by atoms with van der Waals surface area (Å²) in [4.78, 5) is 19.3. The van der Waals surface area contributed by atoms with E-state index in [4.69, 9.17) is 4.52 Å². The topological polar surface area (TPSA) is 59.2 Å². The van der Waals surface area contributed by atoms with Gasteiger partial charge in [0.15, 0.2) is 5.82 Å². The number of hydrogen-bond acceptors (Lipinski definition) is 4. The summed E-state index contributed by atoms with van der Waals surface area (Å²) in [5, 5.41) is 3.88. The summed E-state index contributed by atoms with van der Waals surface area (Å²) < 4.78 is 5.31. The lowest BCUT2D eigenvalue weighted by atomic mass is 9.97. The number of aromatic nitrogens is 2. The normalized spacial score (nSPS) is 29.3. The minimum atomic E-state index is 0.0718. The van der Waals surface area contributed by atoms with E-state index in [2.05, 4.69) is 43.9 Å². The van der Waals surface area contributed by atoms with Crippen LogP contribution in [0.15, 0.2) is 16.2 Å². The smallest absolute Gasteiger partial charge is 0.231 e. The molecule has 0 N–H and O–H groups in total. The molecule has 1 amide bonds. The van der Waals surface area contributed by atoms with E-state index in [1.807, 2.05) is 11.8 Å². The molecule has 1 saturated carbocycles. The molecule has 1 aliphatic heterocycles. The number of carbonyl (C=O) groups is 1. The van der Waals surface area contributed by atoms with Crippen LogP contribution in [0.5, 0.6) is 0 Å². The summed E-state index contributed by atoms with van der Waals surface area (Å²) in [6, 6.07) is 0. The van der Waals surface area contributed by atoms with Gasteiger partial charge in [-0.25, -0.2) is 0 Å². The lowest BCUT2D eigenvalue weighted by molar-refractivity contribution is -0.134. The number of piperidine rings is 1. The van der Waals surface area contributed by atoms with E-state index < -0.39 is 0 Å². The largest absolute Gasteiger partial charge is 0.342 e. The summed E-state index contributed by atoms with van der Waals surface area (Å²) in [5.41, 5.74) is 1.36. The van der Waals surface area contributed by atoms with E-state index in [-0.39, 0.29) is 17.3 Å². The van der Waals surface area contributed by atoms with Gasteiger partial charge in [0, 0.05) is 13.1 Å². The van der Waals surface area contributed by atoms with Crippen molar-refractivity contribution in [1.82, 2.24) is 15.0 Å². The summed E-state index contributed by atoms with van der Waals surface area (Å²) in [5.74, 6) is 2.29. The van der Waals surface area contributed by atoms with Gasteiger partial charge in [0.1, 0.15) is 0 Å². The number of amides is 1. The minimum Gasteiger partial charge on any atom is -0.342 e. The SMILES string of the molecule is CC(C)=CC1C(C(=O)N2CCCC(c3nc(C)no3)C2)C1(C)C. The summed E-state index contributed by atoms with van der Waals surface area (Å²) >= 11 is 0. The van der Waals surface area contributed by atoms with Gasteiger partial charge in [-0.05, 0) is 44.9 Å². The Morgan fingerprint density at radius 2 is 2.13 bits per heavy atom. The van der Waals surface area contributed by atoms with Crippen LogP contribution in [0.25, 0.3) is 0 Å². The quantitative estimate of drug-likeness (QED) is 0.802. The first-order chi connectivity index (χ1) is 10.8. The zero-order chi connectivity index (χ0) is 16.8. The number of likely N-dealkylation sites (tertiary alicyclic amines) is 1. The van der Waals surface area contributed by atoms with E-state index in [9.17, 15) is 4.79 Å². The fourth-order valence-corrected chi connectivity index (χ4v) is 3.87. The van der Waals surface area contributed by atoms with Crippen LogP contribution < -0.4 is 0 Å². The molecule has 0 spiro atoms. The zero-order valence-electron chi connectivity index (χ0n) is 14.8. The Balaban J connectivity index is 1.69. The number of allylic oxidation sites excluding steroid dienone is 2. The molecule has 3 atom stereocenters. The van der Waals surface area contributed by atoms with Crippen molar-refractivity contribution in [3.63, 3.8) is 0 Å². The van der Waals surface area contributed by atoms with Crippen LogP contribution in [0, 0.1) is 24.2 Å². The highest BCUT2D eigenvalue weighted by molar-refractivity contribution is 5.84. The molecule has 3 unspecified atom stereocenters. The van der Waals surface area contributed by atoms with Gasteiger partial charge in [-0.15, -0.1) is 0 Å². The lowest BCUT2D eigenvalue weighted by Gasteiger charge is -2.31. The van der Waals surface area contributed by atoms with E-state index in [1.165, 1.54) is 5.57 Å². The van der Waals surface area contributed by atoms with Crippen molar-refractivity contribution in [3.05, 3.63) is 23.4 Å². The Bertz CT molecular complexity index is 628. The number of carbonyl (C=O) groups excluding carboxylic acids is 1. The van der Waals surface area contributed by atoms with Gasteiger partial charge in [-0.3, -0.25) is 4.79 Å². The van der Waals surface area contributed by atoms with Gasteiger partial charge in [-0.2, -0.15) is 4.98 Å².